The van der Waals surface area contributed by atoms with Crippen LogP contribution >= 0.6 is 0 Å². The molecule has 0 radical (unpaired) electrons. The number of carbonyl (C=O) groups is 1. The van der Waals surface area contributed by atoms with Crippen LogP contribution in [-0.4, -0.2) is 80.1 Å². The summed E-state index contributed by atoms with van der Waals surface area (Å²) in [6, 6.07) is 4.04. The van der Waals surface area contributed by atoms with Gasteiger partial charge in [-0.15, -0.1) is 0 Å². The highest BCUT2D eigenvalue weighted by Crippen LogP contribution is 2.08. The van der Waals surface area contributed by atoms with Crippen LogP contribution in [0.5, 0.6) is 0 Å². The SMILES string of the molecule is CCN1CCN([C@H](C)CNC(=O)c2ccc(N(C)C)nc2)CC1. The highest BCUT2D eigenvalue weighted by molar-refractivity contribution is 5.94. The number of carbonyl (C=O) groups excluding carboxylic acids is 1. The Labute approximate surface area is 139 Å². The largest absolute Gasteiger partial charge is 0.363 e. The van der Waals surface area contributed by atoms with Gasteiger partial charge in [0, 0.05) is 59.1 Å². The number of hydrogen-bond donors (Lipinski definition) is 1. The molecule has 0 aliphatic carbocycles. The van der Waals surface area contributed by atoms with E-state index in [0.29, 0.717) is 18.2 Å². The van der Waals surface area contributed by atoms with E-state index in [-0.39, 0.29) is 5.91 Å². The van der Waals surface area contributed by atoms with Gasteiger partial charge in [0.25, 0.3) is 5.91 Å². The van der Waals surface area contributed by atoms with Crippen LogP contribution in [0, 0.1) is 0 Å². The van der Waals surface area contributed by atoms with Gasteiger partial charge in [0.15, 0.2) is 0 Å². The van der Waals surface area contributed by atoms with Crippen LogP contribution in [0.15, 0.2) is 18.3 Å². The molecule has 1 amide bonds. The lowest BCUT2D eigenvalue weighted by molar-refractivity contribution is 0.0882. The van der Waals surface area contributed by atoms with Crippen molar-refractivity contribution in [1.82, 2.24) is 20.1 Å². The Hall–Kier alpha value is -1.66. The maximum atomic E-state index is 12.2. The molecule has 0 saturated carbocycles. The maximum Gasteiger partial charge on any atom is 0.252 e. The van der Waals surface area contributed by atoms with Crippen molar-refractivity contribution in [2.24, 2.45) is 0 Å². The quantitative estimate of drug-likeness (QED) is 0.844. The van der Waals surface area contributed by atoms with Gasteiger partial charge >= 0.3 is 0 Å². The summed E-state index contributed by atoms with van der Waals surface area (Å²) in [4.78, 5) is 23.3. The van der Waals surface area contributed by atoms with Gasteiger partial charge < -0.3 is 15.1 Å². The molecule has 1 atom stereocenters. The van der Waals surface area contributed by atoms with Gasteiger partial charge in [0.1, 0.15) is 5.82 Å². The minimum absolute atomic E-state index is 0.0538. The third kappa shape index (κ3) is 4.91. The Balaban J connectivity index is 1.79. The van der Waals surface area contributed by atoms with Gasteiger partial charge in [0.2, 0.25) is 0 Å². The highest BCUT2D eigenvalue weighted by atomic mass is 16.1. The number of rotatable bonds is 6. The van der Waals surface area contributed by atoms with Crippen LogP contribution in [0.1, 0.15) is 24.2 Å². The first-order chi connectivity index (χ1) is 11.0. The number of aromatic nitrogens is 1. The lowest BCUT2D eigenvalue weighted by Gasteiger charge is -2.37. The van der Waals surface area contributed by atoms with E-state index in [1.54, 1.807) is 6.20 Å². The average molecular weight is 319 g/mol. The smallest absolute Gasteiger partial charge is 0.252 e. The standard InChI is InChI=1S/C17H29N5O/c1-5-21-8-10-22(11-9-21)14(2)12-19-17(23)15-6-7-16(18-13-15)20(3)4/h6-7,13-14H,5,8-12H2,1-4H3,(H,19,23)/t14-/m1/s1. The molecule has 1 aromatic rings. The third-order valence-corrected chi connectivity index (χ3v) is 4.50. The molecule has 2 heterocycles. The number of nitrogens with one attached hydrogen (secondary N) is 1. The van der Waals surface area contributed by atoms with Crippen LogP contribution in [0.4, 0.5) is 5.82 Å². The van der Waals surface area contributed by atoms with Crippen molar-refractivity contribution in [3.8, 4) is 0 Å². The van der Waals surface area contributed by atoms with E-state index in [1.165, 1.54) is 0 Å². The molecule has 1 saturated heterocycles. The molecular weight excluding hydrogens is 290 g/mol. The summed E-state index contributed by atoms with van der Waals surface area (Å²) < 4.78 is 0. The molecule has 0 unspecified atom stereocenters. The molecule has 1 aliphatic heterocycles. The highest BCUT2D eigenvalue weighted by Gasteiger charge is 2.20. The maximum absolute atomic E-state index is 12.2. The second-order valence-electron chi connectivity index (χ2n) is 6.33. The van der Waals surface area contributed by atoms with E-state index < -0.39 is 0 Å². The normalized spacial score (nSPS) is 17.7. The fourth-order valence-corrected chi connectivity index (χ4v) is 2.78. The van der Waals surface area contributed by atoms with Gasteiger partial charge in [-0.3, -0.25) is 9.69 Å². The Kier molecular flexibility index (Phi) is 6.36. The molecule has 1 N–H and O–H groups in total. The number of amides is 1. The van der Waals surface area contributed by atoms with E-state index in [2.05, 4.69) is 33.9 Å². The summed E-state index contributed by atoms with van der Waals surface area (Å²) in [5.74, 6) is 0.797. The number of pyridine rings is 1. The molecule has 0 bridgehead atoms. The molecule has 128 valence electrons. The molecule has 1 fully saturated rings. The average Bonchev–Trinajstić information content (AvgIpc) is 2.59. The molecule has 0 aromatic carbocycles. The zero-order valence-corrected chi connectivity index (χ0v) is 14.7. The number of nitrogens with zero attached hydrogens (tertiary/aromatic N) is 4. The first-order valence-corrected chi connectivity index (χ1v) is 8.39. The fraction of sp³-hybridized carbons (Fsp3) is 0.647. The Morgan fingerprint density at radius 1 is 1.30 bits per heavy atom. The van der Waals surface area contributed by atoms with E-state index in [9.17, 15) is 4.79 Å². The van der Waals surface area contributed by atoms with Crippen LogP contribution in [0.2, 0.25) is 0 Å². The number of anilines is 1. The van der Waals surface area contributed by atoms with Gasteiger partial charge in [-0.05, 0) is 25.6 Å². The molecular formula is C17H29N5O. The second kappa shape index (κ2) is 8.26. The zero-order chi connectivity index (χ0) is 16.8. The Morgan fingerprint density at radius 2 is 2.00 bits per heavy atom. The molecule has 6 heteroatoms. The van der Waals surface area contributed by atoms with E-state index in [0.717, 1.165) is 38.5 Å². The van der Waals surface area contributed by atoms with Crippen molar-refractivity contribution in [1.29, 1.82) is 0 Å². The molecule has 23 heavy (non-hydrogen) atoms. The zero-order valence-electron chi connectivity index (χ0n) is 14.7. The molecule has 6 nitrogen and oxygen atoms in total. The summed E-state index contributed by atoms with van der Waals surface area (Å²) in [7, 11) is 3.87. The number of piperazine rings is 1. The van der Waals surface area contributed by atoms with Crippen LogP contribution in [0.3, 0.4) is 0 Å². The van der Waals surface area contributed by atoms with Crippen LogP contribution in [0.25, 0.3) is 0 Å². The van der Waals surface area contributed by atoms with Crippen molar-refractivity contribution in [2.75, 3.05) is 58.3 Å². The molecule has 1 aliphatic rings. The minimum atomic E-state index is -0.0538. The van der Waals surface area contributed by atoms with Crippen LogP contribution in [-0.2, 0) is 0 Å². The number of likely N-dealkylation sites (N-methyl/N-ethyl adjacent to an activating group) is 1. The summed E-state index contributed by atoms with van der Waals surface area (Å²) in [6.45, 7) is 10.5. The van der Waals surface area contributed by atoms with Crippen molar-refractivity contribution >= 4 is 11.7 Å². The first-order valence-electron chi connectivity index (χ1n) is 8.39. The predicted octanol–water partition coefficient (Wildman–Crippen LogP) is 0.903. The van der Waals surface area contributed by atoms with Gasteiger partial charge in [-0.2, -0.15) is 0 Å². The van der Waals surface area contributed by atoms with Gasteiger partial charge in [-0.25, -0.2) is 4.98 Å². The van der Waals surface area contributed by atoms with Crippen molar-refractivity contribution < 1.29 is 4.79 Å². The van der Waals surface area contributed by atoms with Crippen LogP contribution < -0.4 is 10.2 Å². The molecule has 2 rings (SSSR count). The predicted molar refractivity (Wildman–Crippen MR) is 94.0 cm³/mol. The molecule has 1 aromatic heterocycles. The van der Waals surface area contributed by atoms with E-state index in [4.69, 9.17) is 0 Å². The topological polar surface area (TPSA) is 51.7 Å². The summed E-state index contributed by atoms with van der Waals surface area (Å²) >= 11 is 0. The van der Waals surface area contributed by atoms with Crippen molar-refractivity contribution in [3.63, 3.8) is 0 Å². The Bertz CT molecular complexity index is 494. The number of hydrogen-bond acceptors (Lipinski definition) is 5. The first kappa shape index (κ1) is 17.7. The van der Waals surface area contributed by atoms with Gasteiger partial charge in [-0.1, -0.05) is 6.92 Å². The van der Waals surface area contributed by atoms with Crippen molar-refractivity contribution in [2.45, 2.75) is 19.9 Å². The third-order valence-electron chi connectivity index (χ3n) is 4.50. The summed E-state index contributed by atoms with van der Waals surface area (Å²) in [5, 5.41) is 3.02. The van der Waals surface area contributed by atoms with Gasteiger partial charge in [0.05, 0.1) is 5.56 Å². The van der Waals surface area contributed by atoms with E-state index in [1.807, 2.05) is 31.1 Å². The summed E-state index contributed by atoms with van der Waals surface area (Å²) in [6.07, 6.45) is 1.63. The fourth-order valence-electron chi connectivity index (χ4n) is 2.78. The monoisotopic (exact) mass is 319 g/mol. The van der Waals surface area contributed by atoms with Crippen molar-refractivity contribution in [3.05, 3.63) is 23.9 Å². The lowest BCUT2D eigenvalue weighted by atomic mass is 10.2. The summed E-state index contributed by atoms with van der Waals surface area (Å²) in [5.41, 5.74) is 0.610. The second-order valence-corrected chi connectivity index (χ2v) is 6.33. The lowest BCUT2D eigenvalue weighted by Crippen LogP contribution is -2.52. The minimum Gasteiger partial charge on any atom is -0.363 e. The van der Waals surface area contributed by atoms with E-state index >= 15 is 0 Å². The molecule has 0 spiro atoms. The Morgan fingerprint density at radius 3 is 2.52 bits per heavy atom.